The lowest BCUT2D eigenvalue weighted by Crippen LogP contribution is -2.22. The molecule has 27 heavy (non-hydrogen) atoms. The first-order valence-electron chi connectivity index (χ1n) is 8.64. The Morgan fingerprint density at radius 2 is 1.93 bits per heavy atom. The van der Waals surface area contributed by atoms with Gasteiger partial charge in [0.25, 0.3) is 0 Å². The molecule has 0 amide bonds. The van der Waals surface area contributed by atoms with Crippen molar-refractivity contribution >= 4 is 5.65 Å². The molecule has 0 aliphatic rings. The average Bonchev–Trinajstić information content (AvgIpc) is 3.07. The van der Waals surface area contributed by atoms with Crippen LogP contribution in [0.15, 0.2) is 42.7 Å². The number of nitrogens with two attached hydrogens (primary N) is 1. The zero-order valence-electron chi connectivity index (χ0n) is 15.1. The second-order valence-electron chi connectivity index (χ2n) is 6.77. The van der Waals surface area contributed by atoms with Crippen LogP contribution in [0.3, 0.4) is 0 Å². The molecule has 0 fully saturated rings. The summed E-state index contributed by atoms with van der Waals surface area (Å²) < 4.78 is 47.8. The van der Waals surface area contributed by atoms with E-state index in [0.29, 0.717) is 23.3 Å². The van der Waals surface area contributed by atoms with Crippen molar-refractivity contribution in [2.24, 2.45) is 11.7 Å². The molecule has 144 valence electrons. The molecule has 0 bridgehead atoms. The summed E-state index contributed by atoms with van der Waals surface area (Å²) in [5.41, 5.74) is 6.38. The van der Waals surface area contributed by atoms with Crippen LogP contribution in [-0.4, -0.2) is 27.2 Å². The SMILES string of the molecule is CC(N)CC(C)COc1ccc(-c2ccnc3ccnn23)cc1C(F)(F)F. The summed E-state index contributed by atoms with van der Waals surface area (Å²) in [4.78, 5) is 4.13. The van der Waals surface area contributed by atoms with Gasteiger partial charge in [-0.1, -0.05) is 6.92 Å². The number of halogens is 3. The molecule has 2 unspecified atom stereocenters. The predicted molar refractivity (Wildman–Crippen MR) is 96.4 cm³/mol. The van der Waals surface area contributed by atoms with Gasteiger partial charge < -0.3 is 10.5 Å². The van der Waals surface area contributed by atoms with Crippen LogP contribution in [-0.2, 0) is 6.18 Å². The molecule has 0 saturated heterocycles. The maximum atomic E-state index is 13.6. The van der Waals surface area contributed by atoms with Crippen molar-refractivity contribution in [3.05, 3.63) is 48.3 Å². The third-order valence-electron chi connectivity index (χ3n) is 4.17. The second kappa shape index (κ2) is 7.56. The molecule has 0 aliphatic carbocycles. The van der Waals surface area contributed by atoms with E-state index >= 15 is 0 Å². The third kappa shape index (κ3) is 4.39. The van der Waals surface area contributed by atoms with E-state index in [2.05, 4.69) is 10.1 Å². The van der Waals surface area contributed by atoms with Crippen molar-refractivity contribution < 1.29 is 17.9 Å². The van der Waals surface area contributed by atoms with Crippen LogP contribution < -0.4 is 10.5 Å². The number of alkyl halides is 3. The van der Waals surface area contributed by atoms with Gasteiger partial charge in [-0.05, 0) is 43.5 Å². The summed E-state index contributed by atoms with van der Waals surface area (Å²) in [7, 11) is 0. The number of benzene rings is 1. The van der Waals surface area contributed by atoms with Crippen molar-refractivity contribution in [2.45, 2.75) is 32.5 Å². The lowest BCUT2D eigenvalue weighted by Gasteiger charge is -2.19. The highest BCUT2D eigenvalue weighted by Crippen LogP contribution is 2.39. The summed E-state index contributed by atoms with van der Waals surface area (Å²) in [5.74, 6) is -0.136. The summed E-state index contributed by atoms with van der Waals surface area (Å²) in [6.07, 6.45) is -0.771. The zero-order chi connectivity index (χ0) is 19.6. The van der Waals surface area contributed by atoms with E-state index in [4.69, 9.17) is 10.5 Å². The molecule has 1 aromatic carbocycles. The van der Waals surface area contributed by atoms with Gasteiger partial charge in [0, 0.05) is 23.9 Å². The molecule has 2 N–H and O–H groups in total. The van der Waals surface area contributed by atoms with Crippen molar-refractivity contribution in [2.75, 3.05) is 6.61 Å². The van der Waals surface area contributed by atoms with E-state index in [1.807, 2.05) is 13.8 Å². The van der Waals surface area contributed by atoms with E-state index in [-0.39, 0.29) is 24.3 Å². The Kier molecular flexibility index (Phi) is 5.36. The highest BCUT2D eigenvalue weighted by Gasteiger charge is 2.35. The Labute approximate surface area is 155 Å². The van der Waals surface area contributed by atoms with Crippen LogP contribution in [0.5, 0.6) is 5.75 Å². The maximum Gasteiger partial charge on any atom is 0.419 e. The van der Waals surface area contributed by atoms with Gasteiger partial charge in [0.1, 0.15) is 5.75 Å². The van der Waals surface area contributed by atoms with E-state index in [0.717, 1.165) is 6.07 Å². The van der Waals surface area contributed by atoms with Crippen molar-refractivity contribution in [3.8, 4) is 17.0 Å². The molecule has 0 radical (unpaired) electrons. The predicted octanol–water partition coefficient (Wildman–Crippen LogP) is 4.17. The summed E-state index contributed by atoms with van der Waals surface area (Å²) in [5, 5.41) is 4.13. The lowest BCUT2D eigenvalue weighted by atomic mass is 10.0. The lowest BCUT2D eigenvalue weighted by molar-refractivity contribution is -0.139. The summed E-state index contributed by atoms with van der Waals surface area (Å²) in [6, 6.07) is 7.31. The minimum Gasteiger partial charge on any atom is -0.493 e. The highest BCUT2D eigenvalue weighted by molar-refractivity contribution is 5.65. The Bertz CT molecular complexity index is 921. The van der Waals surface area contributed by atoms with Crippen LogP contribution >= 0.6 is 0 Å². The van der Waals surface area contributed by atoms with Gasteiger partial charge in [-0.3, -0.25) is 0 Å². The van der Waals surface area contributed by atoms with Crippen LogP contribution in [0.25, 0.3) is 16.9 Å². The molecular formula is C19H21F3N4O. The monoisotopic (exact) mass is 378 g/mol. The topological polar surface area (TPSA) is 65.4 Å². The smallest absolute Gasteiger partial charge is 0.419 e. The van der Waals surface area contributed by atoms with Gasteiger partial charge in [-0.15, -0.1) is 0 Å². The van der Waals surface area contributed by atoms with Gasteiger partial charge in [0.05, 0.1) is 24.1 Å². The standard InChI is InChI=1S/C19H21F3N4O/c1-12(9-13(2)23)11-27-17-4-3-14(10-15(17)19(20,21)22)16-5-7-24-18-6-8-25-26(16)18/h3-8,10,12-13H,9,11,23H2,1-2H3. The van der Waals surface area contributed by atoms with Crippen LogP contribution in [0, 0.1) is 5.92 Å². The first-order chi connectivity index (χ1) is 12.8. The Morgan fingerprint density at radius 1 is 1.15 bits per heavy atom. The molecule has 2 atom stereocenters. The molecule has 3 rings (SSSR count). The number of ether oxygens (including phenoxy) is 1. The number of rotatable bonds is 6. The number of hydrogen-bond acceptors (Lipinski definition) is 4. The number of fused-ring (bicyclic) bond motifs is 1. The van der Waals surface area contributed by atoms with Gasteiger partial charge in [-0.25, -0.2) is 9.50 Å². The minimum atomic E-state index is -4.54. The Hall–Kier alpha value is -2.61. The van der Waals surface area contributed by atoms with E-state index in [1.165, 1.54) is 10.6 Å². The molecule has 0 saturated carbocycles. The van der Waals surface area contributed by atoms with Gasteiger partial charge in [-0.2, -0.15) is 18.3 Å². The molecule has 2 heterocycles. The maximum absolute atomic E-state index is 13.6. The number of hydrogen-bond donors (Lipinski definition) is 1. The quantitative estimate of drug-likeness (QED) is 0.699. The Balaban J connectivity index is 1.94. The fourth-order valence-electron chi connectivity index (χ4n) is 3.02. The largest absolute Gasteiger partial charge is 0.493 e. The number of aromatic nitrogens is 3. The summed E-state index contributed by atoms with van der Waals surface area (Å²) >= 11 is 0. The van der Waals surface area contributed by atoms with E-state index < -0.39 is 11.7 Å². The first-order valence-corrected chi connectivity index (χ1v) is 8.64. The van der Waals surface area contributed by atoms with E-state index in [9.17, 15) is 13.2 Å². The van der Waals surface area contributed by atoms with Crippen LogP contribution in [0.2, 0.25) is 0 Å². The first kappa shape index (κ1) is 19.2. The fraction of sp³-hybridized carbons (Fsp3) is 0.368. The van der Waals surface area contributed by atoms with Crippen LogP contribution in [0.4, 0.5) is 13.2 Å². The minimum absolute atomic E-state index is 0.0313. The molecule has 5 nitrogen and oxygen atoms in total. The third-order valence-corrected chi connectivity index (χ3v) is 4.17. The molecule has 0 spiro atoms. The Morgan fingerprint density at radius 3 is 2.63 bits per heavy atom. The summed E-state index contributed by atoms with van der Waals surface area (Å²) in [6.45, 7) is 3.93. The molecule has 2 aromatic heterocycles. The average molecular weight is 378 g/mol. The number of nitrogens with zero attached hydrogens (tertiary/aromatic N) is 3. The molecule has 3 aromatic rings. The van der Waals surface area contributed by atoms with Gasteiger partial charge >= 0.3 is 6.18 Å². The van der Waals surface area contributed by atoms with Crippen molar-refractivity contribution in [3.63, 3.8) is 0 Å². The zero-order valence-corrected chi connectivity index (χ0v) is 15.1. The van der Waals surface area contributed by atoms with Gasteiger partial charge in [0.2, 0.25) is 0 Å². The normalized spacial score (nSPS) is 14.3. The molecule has 0 aliphatic heterocycles. The van der Waals surface area contributed by atoms with Crippen LogP contribution in [0.1, 0.15) is 25.8 Å². The molecular weight excluding hydrogens is 357 g/mol. The highest BCUT2D eigenvalue weighted by atomic mass is 19.4. The van der Waals surface area contributed by atoms with Crippen molar-refractivity contribution in [1.82, 2.24) is 14.6 Å². The van der Waals surface area contributed by atoms with Gasteiger partial charge in [0.15, 0.2) is 5.65 Å². The second-order valence-corrected chi connectivity index (χ2v) is 6.77. The van der Waals surface area contributed by atoms with Crippen molar-refractivity contribution in [1.29, 1.82) is 0 Å². The fourth-order valence-corrected chi connectivity index (χ4v) is 3.02. The molecule has 8 heteroatoms. The van der Waals surface area contributed by atoms with E-state index in [1.54, 1.807) is 30.6 Å².